The van der Waals surface area contributed by atoms with Crippen LogP contribution < -0.4 is 9.80 Å². The summed E-state index contributed by atoms with van der Waals surface area (Å²) in [4.78, 5) is 5.90. The Kier molecular flexibility index (Phi) is 7.69. The third-order valence-electron chi connectivity index (χ3n) is 9.15. The number of hydrogen-bond donors (Lipinski definition) is 0. The van der Waals surface area contributed by atoms with Crippen molar-refractivity contribution < 1.29 is 0 Å². The van der Waals surface area contributed by atoms with Crippen LogP contribution in [0.5, 0.6) is 0 Å². The van der Waals surface area contributed by atoms with Crippen molar-refractivity contribution in [3.8, 4) is 15.4 Å². The number of anilines is 6. The molecule has 0 radical (unpaired) electrons. The van der Waals surface area contributed by atoms with Gasteiger partial charge in [0.05, 0.1) is 11.0 Å². The summed E-state index contributed by atoms with van der Waals surface area (Å²) in [6.07, 6.45) is 0. The first-order chi connectivity index (χ1) is 24.8. The number of para-hydroxylation sites is 6. The maximum Gasteiger partial charge on any atom is 0.101 e. The number of benzene rings is 7. The van der Waals surface area contributed by atoms with Gasteiger partial charge in [0, 0.05) is 49.8 Å². The summed E-state index contributed by atoms with van der Waals surface area (Å²) in [7, 11) is 0. The van der Waals surface area contributed by atoms with Crippen molar-refractivity contribution in [3.63, 3.8) is 0 Å². The molecule has 0 saturated heterocycles. The quantitative estimate of drug-likeness (QED) is 0.161. The van der Waals surface area contributed by atoms with Gasteiger partial charge in [0.25, 0.3) is 0 Å². The molecule has 0 N–H and O–H groups in total. The van der Waals surface area contributed by atoms with Crippen molar-refractivity contribution in [2.45, 2.75) is 0 Å². The number of aromatic nitrogens is 1. The van der Waals surface area contributed by atoms with Crippen molar-refractivity contribution in [3.05, 3.63) is 200 Å². The second-order valence-electron chi connectivity index (χ2n) is 12.3. The predicted octanol–water partition coefficient (Wildman–Crippen LogP) is 13.5. The highest BCUT2D eigenvalue weighted by Gasteiger charge is 2.20. The molecular weight excluding hydrogens is 627 g/mol. The van der Waals surface area contributed by atoms with E-state index in [2.05, 4.69) is 215 Å². The van der Waals surface area contributed by atoms with Crippen molar-refractivity contribution in [1.82, 2.24) is 4.57 Å². The van der Waals surface area contributed by atoms with Crippen LogP contribution in [-0.4, -0.2) is 4.57 Å². The molecule has 2 aromatic heterocycles. The molecule has 50 heavy (non-hydrogen) atoms. The lowest BCUT2D eigenvalue weighted by Crippen LogP contribution is -2.13. The van der Waals surface area contributed by atoms with Crippen LogP contribution in [0.3, 0.4) is 0 Å². The number of nitrogens with zero attached hydrogens (tertiary/aromatic N) is 3. The van der Waals surface area contributed by atoms with Gasteiger partial charge in [-0.05, 0) is 96.6 Å². The maximum atomic E-state index is 2.41. The molecule has 0 saturated carbocycles. The smallest absolute Gasteiger partial charge is 0.101 e. The SMILES string of the molecule is c1ccc(N(c2ccccc2)c2cc(-c3ccc(-n4c5ccccc5c5ccccc54)s3)cc(N(c3ccccc3)c3ccccc3)c2)cc1. The zero-order valence-electron chi connectivity index (χ0n) is 27.3. The van der Waals surface area contributed by atoms with Crippen molar-refractivity contribution in [2.75, 3.05) is 9.80 Å². The van der Waals surface area contributed by atoms with Crippen molar-refractivity contribution >= 4 is 67.3 Å². The Balaban J connectivity index is 1.27. The van der Waals surface area contributed by atoms with E-state index in [9.17, 15) is 0 Å². The highest BCUT2D eigenvalue weighted by Crippen LogP contribution is 2.45. The van der Waals surface area contributed by atoms with Crippen LogP contribution >= 0.6 is 11.3 Å². The summed E-state index contributed by atoms with van der Waals surface area (Å²) in [6, 6.07) is 71.5. The van der Waals surface area contributed by atoms with E-state index in [0.29, 0.717) is 0 Å². The van der Waals surface area contributed by atoms with Crippen LogP contribution in [-0.2, 0) is 0 Å². The first kappa shape index (κ1) is 29.8. The summed E-state index contributed by atoms with van der Waals surface area (Å²) in [5, 5.41) is 3.73. The molecule has 0 aliphatic carbocycles. The summed E-state index contributed by atoms with van der Waals surface area (Å²) >= 11 is 1.82. The van der Waals surface area contributed by atoms with Crippen LogP contribution in [0.2, 0.25) is 0 Å². The first-order valence-corrected chi connectivity index (χ1v) is 17.7. The number of thiophene rings is 1. The predicted molar refractivity (Wildman–Crippen MR) is 213 cm³/mol. The highest BCUT2D eigenvalue weighted by molar-refractivity contribution is 7.18. The van der Waals surface area contributed by atoms with E-state index in [-0.39, 0.29) is 0 Å². The zero-order chi connectivity index (χ0) is 33.3. The average Bonchev–Trinajstić information content (AvgIpc) is 3.80. The van der Waals surface area contributed by atoms with E-state index in [1.807, 2.05) is 11.3 Å². The van der Waals surface area contributed by atoms with E-state index in [0.717, 1.165) is 39.7 Å². The molecule has 0 fully saturated rings. The molecule has 4 heteroatoms. The van der Waals surface area contributed by atoms with E-state index in [1.165, 1.54) is 31.7 Å². The summed E-state index contributed by atoms with van der Waals surface area (Å²) in [5.41, 5.74) is 10.2. The van der Waals surface area contributed by atoms with Crippen LogP contribution in [0.25, 0.3) is 37.2 Å². The Morgan fingerprint density at radius 2 is 0.720 bits per heavy atom. The van der Waals surface area contributed by atoms with Gasteiger partial charge in [-0.15, -0.1) is 11.3 Å². The van der Waals surface area contributed by atoms with Gasteiger partial charge in [-0.1, -0.05) is 109 Å². The average molecular weight is 660 g/mol. The first-order valence-electron chi connectivity index (χ1n) is 16.9. The van der Waals surface area contributed by atoms with Gasteiger partial charge in [0.1, 0.15) is 5.00 Å². The van der Waals surface area contributed by atoms with Crippen LogP contribution in [0.4, 0.5) is 34.1 Å². The minimum atomic E-state index is 1.08. The Labute approximate surface area is 296 Å². The van der Waals surface area contributed by atoms with Crippen molar-refractivity contribution in [2.24, 2.45) is 0 Å². The Bertz CT molecular complexity index is 2300. The van der Waals surface area contributed by atoms with E-state index in [4.69, 9.17) is 0 Å². The van der Waals surface area contributed by atoms with Gasteiger partial charge in [0.2, 0.25) is 0 Å². The molecule has 0 aliphatic rings. The fourth-order valence-corrected chi connectivity index (χ4v) is 7.98. The number of rotatable bonds is 8. The number of fused-ring (bicyclic) bond motifs is 3. The summed E-state index contributed by atoms with van der Waals surface area (Å²) in [6.45, 7) is 0. The minimum absolute atomic E-state index is 1.08. The molecule has 0 amide bonds. The van der Waals surface area contributed by atoms with Crippen molar-refractivity contribution in [1.29, 1.82) is 0 Å². The molecule has 0 aliphatic heterocycles. The van der Waals surface area contributed by atoms with E-state index < -0.39 is 0 Å². The van der Waals surface area contributed by atoms with Gasteiger partial charge in [0.15, 0.2) is 0 Å². The molecule has 7 aromatic carbocycles. The fourth-order valence-electron chi connectivity index (χ4n) is 6.96. The lowest BCUT2D eigenvalue weighted by Gasteiger charge is -2.30. The molecule has 238 valence electrons. The Morgan fingerprint density at radius 3 is 1.14 bits per heavy atom. The van der Waals surface area contributed by atoms with Gasteiger partial charge in [-0.2, -0.15) is 0 Å². The lowest BCUT2D eigenvalue weighted by atomic mass is 10.1. The third-order valence-corrected chi connectivity index (χ3v) is 10.3. The van der Waals surface area contributed by atoms with Crippen LogP contribution in [0.15, 0.2) is 200 Å². The largest absolute Gasteiger partial charge is 0.310 e. The van der Waals surface area contributed by atoms with Gasteiger partial charge >= 0.3 is 0 Å². The molecule has 3 nitrogen and oxygen atoms in total. The number of hydrogen-bond acceptors (Lipinski definition) is 3. The Hall–Kier alpha value is -6.36. The molecule has 0 atom stereocenters. The van der Waals surface area contributed by atoms with Gasteiger partial charge in [-0.25, -0.2) is 0 Å². The minimum Gasteiger partial charge on any atom is -0.310 e. The monoisotopic (exact) mass is 659 g/mol. The highest BCUT2D eigenvalue weighted by atomic mass is 32.1. The van der Waals surface area contributed by atoms with Crippen LogP contribution in [0, 0.1) is 0 Å². The lowest BCUT2D eigenvalue weighted by molar-refractivity contribution is 1.22. The Morgan fingerprint density at radius 1 is 0.340 bits per heavy atom. The summed E-state index contributed by atoms with van der Waals surface area (Å²) in [5.74, 6) is 0. The fraction of sp³-hybridized carbons (Fsp3) is 0. The third kappa shape index (κ3) is 5.42. The second kappa shape index (κ2) is 12.9. The maximum absolute atomic E-state index is 2.41. The van der Waals surface area contributed by atoms with E-state index >= 15 is 0 Å². The van der Waals surface area contributed by atoms with E-state index in [1.54, 1.807) is 0 Å². The zero-order valence-corrected chi connectivity index (χ0v) is 28.1. The molecule has 2 heterocycles. The topological polar surface area (TPSA) is 11.4 Å². The molecule has 0 spiro atoms. The molecule has 9 aromatic rings. The normalized spacial score (nSPS) is 11.2. The van der Waals surface area contributed by atoms with Gasteiger partial charge < -0.3 is 14.4 Å². The molecule has 0 unspecified atom stereocenters. The summed E-state index contributed by atoms with van der Waals surface area (Å²) < 4.78 is 2.41. The molecule has 0 bridgehead atoms. The standard InChI is InChI=1S/C46H33N3S/c1-5-17-35(18-6-1)47(36-19-7-2-8-20-36)39-31-34(32-40(33-39)48(37-21-9-3-10-22-37)38-23-11-4-12-24-38)45-29-30-46(50-45)49-43-27-15-13-25-41(43)42-26-14-16-28-44(42)49/h1-33H. The van der Waals surface area contributed by atoms with Crippen LogP contribution in [0.1, 0.15) is 0 Å². The molecular formula is C46H33N3S. The van der Waals surface area contributed by atoms with Gasteiger partial charge in [-0.3, -0.25) is 0 Å². The second-order valence-corrected chi connectivity index (χ2v) is 13.3. The molecule has 9 rings (SSSR count).